The first-order valence-electron chi connectivity index (χ1n) is 11.8. The zero-order valence-corrected chi connectivity index (χ0v) is 20.1. The molecule has 3 aromatic rings. The van der Waals surface area contributed by atoms with E-state index in [0.29, 0.717) is 40.3 Å². The summed E-state index contributed by atoms with van der Waals surface area (Å²) in [6, 6.07) is 11.1. The molecule has 8 heteroatoms. The zero-order chi connectivity index (χ0) is 24.1. The fourth-order valence-electron chi connectivity index (χ4n) is 4.41. The van der Waals surface area contributed by atoms with Crippen molar-refractivity contribution < 1.29 is 14.3 Å². The van der Waals surface area contributed by atoms with Crippen molar-refractivity contribution >= 4 is 16.8 Å². The minimum atomic E-state index is -0.286. The Morgan fingerprint density at radius 1 is 1.06 bits per heavy atom. The molecule has 0 unspecified atom stereocenters. The molecule has 1 aliphatic rings. The van der Waals surface area contributed by atoms with Gasteiger partial charge in [-0.05, 0) is 56.6 Å². The number of hydrogen-bond donors (Lipinski definition) is 1. The second-order valence-electron chi connectivity index (χ2n) is 8.59. The third kappa shape index (κ3) is 5.22. The van der Waals surface area contributed by atoms with Gasteiger partial charge >= 0.3 is 0 Å². The van der Waals surface area contributed by atoms with Crippen molar-refractivity contribution in [3.63, 3.8) is 0 Å². The number of aromatic nitrogens is 2. The van der Waals surface area contributed by atoms with Crippen LogP contribution in [0.1, 0.15) is 47.9 Å². The van der Waals surface area contributed by atoms with Gasteiger partial charge in [-0.3, -0.25) is 14.5 Å². The molecule has 0 aliphatic carbocycles. The molecule has 1 fully saturated rings. The maximum Gasteiger partial charge on any atom is 0.258 e. The molecule has 0 atom stereocenters. The summed E-state index contributed by atoms with van der Waals surface area (Å²) in [6.07, 6.45) is 3.83. The first-order chi connectivity index (χ1) is 16.5. The molecule has 2 aromatic carbocycles. The third-order valence-corrected chi connectivity index (χ3v) is 6.33. The summed E-state index contributed by atoms with van der Waals surface area (Å²) in [7, 11) is 3.05. The number of methoxy groups -OCH3 is 2. The number of hydrogen-bond acceptors (Lipinski definition) is 6. The van der Waals surface area contributed by atoms with Crippen LogP contribution in [0, 0.1) is 0 Å². The van der Waals surface area contributed by atoms with Crippen LogP contribution in [-0.4, -0.2) is 59.5 Å². The van der Waals surface area contributed by atoms with Gasteiger partial charge in [-0.1, -0.05) is 18.6 Å². The molecule has 0 bridgehead atoms. The van der Waals surface area contributed by atoms with E-state index in [1.165, 1.54) is 39.0 Å². The van der Waals surface area contributed by atoms with Crippen molar-refractivity contribution in [1.82, 2.24) is 19.8 Å². The molecule has 0 spiro atoms. The summed E-state index contributed by atoms with van der Waals surface area (Å²) in [5.74, 6) is 1.28. The van der Waals surface area contributed by atoms with Crippen molar-refractivity contribution in [3.05, 3.63) is 63.7 Å². The molecule has 8 nitrogen and oxygen atoms in total. The molecule has 1 aromatic heterocycles. The topological polar surface area (TPSA) is 87.8 Å². The van der Waals surface area contributed by atoms with Crippen LogP contribution in [0.4, 0.5) is 0 Å². The Kier molecular flexibility index (Phi) is 7.47. The highest BCUT2D eigenvalue weighted by atomic mass is 16.5. The van der Waals surface area contributed by atoms with Gasteiger partial charge in [0.1, 0.15) is 5.82 Å². The van der Waals surface area contributed by atoms with E-state index in [1.807, 2.05) is 31.2 Å². The molecule has 1 N–H and O–H groups in total. The molecular weight excluding hydrogens is 432 g/mol. The van der Waals surface area contributed by atoms with Gasteiger partial charge in [0.25, 0.3) is 11.5 Å². The van der Waals surface area contributed by atoms with Crippen molar-refractivity contribution in [2.45, 2.75) is 39.3 Å². The summed E-state index contributed by atoms with van der Waals surface area (Å²) in [5.41, 5.74) is 2.04. The number of ether oxygens (including phenoxy) is 2. The van der Waals surface area contributed by atoms with Gasteiger partial charge in [0.2, 0.25) is 0 Å². The number of rotatable bonds is 8. The first kappa shape index (κ1) is 23.8. The monoisotopic (exact) mass is 464 g/mol. The summed E-state index contributed by atoms with van der Waals surface area (Å²) in [6.45, 7) is 5.80. The normalized spacial score (nSPS) is 14.2. The minimum Gasteiger partial charge on any atom is -0.493 e. The van der Waals surface area contributed by atoms with Gasteiger partial charge in [-0.15, -0.1) is 0 Å². The quantitative estimate of drug-likeness (QED) is 0.548. The molecule has 1 aliphatic heterocycles. The van der Waals surface area contributed by atoms with Crippen molar-refractivity contribution in [3.8, 4) is 11.5 Å². The SMILES string of the molecule is CCN(Cc1nc2cc(OC)c(OC)cc2c(=O)[nH]1)C(=O)c1ccc(CN2CCCCC2)cc1. The smallest absolute Gasteiger partial charge is 0.258 e. The Bertz CT molecular complexity index is 1200. The predicted octanol–water partition coefficient (Wildman–Crippen LogP) is 3.59. The standard InChI is InChI=1S/C26H32N4O4/c1-4-30(26(32)19-10-8-18(9-11-19)16-29-12-6-5-7-13-29)17-24-27-21-15-23(34-3)22(33-2)14-20(21)25(31)28-24/h8-11,14-15H,4-7,12-13,16-17H2,1-3H3,(H,27,28,31). The van der Waals surface area contributed by atoms with Crippen LogP contribution >= 0.6 is 0 Å². The largest absolute Gasteiger partial charge is 0.493 e. The minimum absolute atomic E-state index is 0.0953. The number of aromatic amines is 1. The van der Waals surface area contributed by atoms with E-state index in [1.54, 1.807) is 17.0 Å². The van der Waals surface area contributed by atoms with Crippen LogP contribution in [0.25, 0.3) is 10.9 Å². The van der Waals surface area contributed by atoms with Gasteiger partial charge in [0.05, 0.1) is 31.7 Å². The fourth-order valence-corrected chi connectivity index (χ4v) is 4.41. The fraction of sp³-hybridized carbons (Fsp3) is 0.423. The van der Waals surface area contributed by atoms with Crippen LogP contribution in [0.5, 0.6) is 11.5 Å². The van der Waals surface area contributed by atoms with Gasteiger partial charge in [-0.25, -0.2) is 4.98 Å². The highest BCUT2D eigenvalue weighted by molar-refractivity contribution is 5.94. The molecule has 180 valence electrons. The van der Waals surface area contributed by atoms with Crippen LogP contribution < -0.4 is 15.0 Å². The van der Waals surface area contributed by atoms with E-state index in [-0.39, 0.29) is 18.0 Å². The number of carbonyl (C=O) groups is 1. The number of nitrogens with zero attached hydrogens (tertiary/aromatic N) is 3. The highest BCUT2D eigenvalue weighted by Gasteiger charge is 2.18. The summed E-state index contributed by atoms with van der Waals surface area (Å²) < 4.78 is 10.6. The molecule has 1 saturated heterocycles. The number of piperidine rings is 1. The number of fused-ring (bicyclic) bond motifs is 1. The molecule has 0 saturated carbocycles. The molecule has 4 rings (SSSR count). The molecule has 34 heavy (non-hydrogen) atoms. The van der Waals surface area contributed by atoms with E-state index in [0.717, 1.165) is 19.6 Å². The van der Waals surface area contributed by atoms with Crippen LogP contribution in [0.15, 0.2) is 41.2 Å². The highest BCUT2D eigenvalue weighted by Crippen LogP contribution is 2.30. The Hall–Kier alpha value is -3.39. The number of amides is 1. The van der Waals surface area contributed by atoms with Gasteiger partial charge in [0, 0.05) is 24.7 Å². The number of benzene rings is 2. The number of carbonyl (C=O) groups excluding carboxylic acids is 1. The van der Waals surface area contributed by atoms with E-state index in [2.05, 4.69) is 14.9 Å². The van der Waals surface area contributed by atoms with E-state index in [9.17, 15) is 9.59 Å². The van der Waals surface area contributed by atoms with Crippen molar-refractivity contribution in [2.75, 3.05) is 33.9 Å². The third-order valence-electron chi connectivity index (χ3n) is 6.33. The number of H-pyrrole nitrogens is 1. The number of likely N-dealkylation sites (tertiary alicyclic amines) is 1. The van der Waals surface area contributed by atoms with Crippen LogP contribution in [0.3, 0.4) is 0 Å². The van der Waals surface area contributed by atoms with E-state index < -0.39 is 0 Å². The Labute approximate surface area is 199 Å². The van der Waals surface area contributed by atoms with Crippen molar-refractivity contribution in [2.24, 2.45) is 0 Å². The lowest BCUT2D eigenvalue weighted by atomic mass is 10.1. The summed E-state index contributed by atoms with van der Waals surface area (Å²) in [4.78, 5) is 37.4. The average Bonchev–Trinajstić information content (AvgIpc) is 2.87. The predicted molar refractivity (Wildman–Crippen MR) is 131 cm³/mol. The first-order valence-corrected chi connectivity index (χ1v) is 11.8. The second kappa shape index (κ2) is 10.7. The Balaban J connectivity index is 1.50. The molecule has 2 heterocycles. The second-order valence-corrected chi connectivity index (χ2v) is 8.59. The summed E-state index contributed by atoms with van der Waals surface area (Å²) in [5, 5.41) is 0.403. The van der Waals surface area contributed by atoms with Gasteiger partial charge < -0.3 is 19.4 Å². The Morgan fingerprint density at radius 2 is 1.74 bits per heavy atom. The molecular formula is C26H32N4O4. The van der Waals surface area contributed by atoms with E-state index >= 15 is 0 Å². The number of nitrogens with one attached hydrogen (secondary N) is 1. The Morgan fingerprint density at radius 3 is 2.38 bits per heavy atom. The van der Waals surface area contributed by atoms with Crippen molar-refractivity contribution in [1.29, 1.82) is 0 Å². The lowest BCUT2D eigenvalue weighted by Gasteiger charge is -2.26. The molecule has 1 amide bonds. The maximum absolute atomic E-state index is 13.2. The lowest BCUT2D eigenvalue weighted by molar-refractivity contribution is 0.0748. The van der Waals surface area contributed by atoms with Gasteiger partial charge in [-0.2, -0.15) is 0 Å². The van der Waals surface area contributed by atoms with Gasteiger partial charge in [0.15, 0.2) is 11.5 Å². The average molecular weight is 465 g/mol. The molecule has 0 radical (unpaired) electrons. The zero-order valence-electron chi connectivity index (χ0n) is 20.1. The van der Waals surface area contributed by atoms with Crippen LogP contribution in [-0.2, 0) is 13.1 Å². The summed E-state index contributed by atoms with van der Waals surface area (Å²) >= 11 is 0. The maximum atomic E-state index is 13.2. The van der Waals surface area contributed by atoms with E-state index in [4.69, 9.17) is 9.47 Å². The lowest BCUT2D eigenvalue weighted by Crippen LogP contribution is -2.32. The van der Waals surface area contributed by atoms with Crippen LogP contribution in [0.2, 0.25) is 0 Å².